The summed E-state index contributed by atoms with van der Waals surface area (Å²) in [5.41, 5.74) is 3.88. The summed E-state index contributed by atoms with van der Waals surface area (Å²) < 4.78 is 0. The molecule has 1 atom stereocenters. The topological polar surface area (TPSA) is 131 Å². The van der Waals surface area contributed by atoms with Gasteiger partial charge in [-0.2, -0.15) is 0 Å². The second-order valence-electron chi connectivity index (χ2n) is 10.9. The number of carbonyl (C=O) groups is 4. The molecule has 0 saturated carbocycles. The zero-order valence-electron chi connectivity index (χ0n) is 23.7. The highest BCUT2D eigenvalue weighted by atomic mass is 16.4. The van der Waals surface area contributed by atoms with E-state index >= 15 is 0 Å². The summed E-state index contributed by atoms with van der Waals surface area (Å²) >= 11 is 0. The van der Waals surface area contributed by atoms with Crippen molar-refractivity contribution in [2.75, 3.05) is 30.0 Å². The van der Waals surface area contributed by atoms with Crippen LogP contribution in [0.3, 0.4) is 0 Å². The maximum absolute atomic E-state index is 13.1. The summed E-state index contributed by atoms with van der Waals surface area (Å²) in [6, 6.07) is 20.7. The predicted octanol–water partition coefficient (Wildman–Crippen LogP) is 3.69. The van der Waals surface area contributed by atoms with Gasteiger partial charge in [0, 0.05) is 36.4 Å². The Morgan fingerprint density at radius 2 is 1.57 bits per heavy atom. The molecule has 2 aliphatic heterocycles. The van der Waals surface area contributed by atoms with Crippen molar-refractivity contribution < 1.29 is 24.3 Å². The van der Waals surface area contributed by atoms with E-state index in [0.29, 0.717) is 49.4 Å². The van der Waals surface area contributed by atoms with Gasteiger partial charge in [0.05, 0.1) is 6.67 Å². The van der Waals surface area contributed by atoms with Gasteiger partial charge in [-0.05, 0) is 67.6 Å². The van der Waals surface area contributed by atoms with Crippen LogP contribution in [-0.4, -0.2) is 65.2 Å². The van der Waals surface area contributed by atoms with Crippen LogP contribution in [0.4, 0.5) is 16.2 Å². The van der Waals surface area contributed by atoms with E-state index in [0.717, 1.165) is 16.8 Å². The number of hydrogen-bond donors (Lipinski definition) is 4. The fourth-order valence-corrected chi connectivity index (χ4v) is 5.88. The summed E-state index contributed by atoms with van der Waals surface area (Å²) in [7, 11) is 0. The third-order valence-electron chi connectivity index (χ3n) is 8.24. The molecule has 218 valence electrons. The molecule has 2 aliphatic rings. The van der Waals surface area contributed by atoms with E-state index in [1.54, 1.807) is 29.2 Å². The van der Waals surface area contributed by atoms with Crippen LogP contribution in [0.5, 0.6) is 0 Å². The van der Waals surface area contributed by atoms with Crippen LogP contribution < -0.4 is 20.9 Å². The minimum atomic E-state index is -1.14. The standard InChI is InChI=1S/C32H35N5O5/c1-21-7-6-8-22(2)27(21)28(38)34-24-13-11-23(12-14-24)19-26(29(39)40)35-31(42)36-17-15-32(16-18-36)30(41)33-20-37(32)25-9-4-3-5-10-25/h3-14,26H,15-20H2,1-2H3,(H,33,41)(H,34,38)(H,35,42)(H,39,40). The van der Waals surface area contributed by atoms with Crippen LogP contribution in [-0.2, 0) is 16.0 Å². The number of para-hydroxylation sites is 1. The van der Waals surface area contributed by atoms with Crippen LogP contribution in [0, 0.1) is 13.8 Å². The summed E-state index contributed by atoms with van der Waals surface area (Å²) in [4.78, 5) is 54.5. The summed E-state index contributed by atoms with van der Waals surface area (Å²) in [5, 5.41) is 18.3. The Bertz CT molecular complexity index is 1460. The second kappa shape index (κ2) is 11.9. The van der Waals surface area contributed by atoms with E-state index in [9.17, 15) is 24.3 Å². The lowest BCUT2D eigenvalue weighted by molar-refractivity contribution is -0.139. The molecule has 10 nitrogen and oxygen atoms in total. The van der Waals surface area contributed by atoms with Crippen molar-refractivity contribution in [3.63, 3.8) is 0 Å². The van der Waals surface area contributed by atoms with Gasteiger partial charge in [0.1, 0.15) is 11.6 Å². The van der Waals surface area contributed by atoms with Crippen molar-refractivity contribution in [1.29, 1.82) is 0 Å². The van der Waals surface area contributed by atoms with Gasteiger partial charge >= 0.3 is 12.0 Å². The average molecular weight is 570 g/mol. The van der Waals surface area contributed by atoms with Crippen molar-refractivity contribution >= 4 is 35.2 Å². The van der Waals surface area contributed by atoms with E-state index in [1.165, 1.54) is 0 Å². The molecule has 42 heavy (non-hydrogen) atoms. The van der Waals surface area contributed by atoms with E-state index in [-0.39, 0.29) is 18.2 Å². The first kappa shape index (κ1) is 28.7. The lowest BCUT2D eigenvalue weighted by Crippen LogP contribution is -2.59. The zero-order valence-corrected chi connectivity index (χ0v) is 23.7. The number of nitrogens with one attached hydrogen (secondary N) is 3. The van der Waals surface area contributed by atoms with Crippen LogP contribution in [0.1, 0.15) is 39.9 Å². The number of amides is 4. The number of rotatable bonds is 7. The quantitative estimate of drug-likeness (QED) is 0.343. The molecular formula is C32H35N5O5. The highest BCUT2D eigenvalue weighted by Crippen LogP contribution is 2.36. The van der Waals surface area contributed by atoms with E-state index in [2.05, 4.69) is 20.9 Å². The molecule has 1 unspecified atom stereocenters. The highest BCUT2D eigenvalue weighted by Gasteiger charge is 2.51. The minimum Gasteiger partial charge on any atom is -0.480 e. The fraction of sp³-hybridized carbons (Fsp3) is 0.312. The average Bonchev–Trinajstić information content (AvgIpc) is 3.29. The normalized spacial score (nSPS) is 16.6. The van der Waals surface area contributed by atoms with Gasteiger partial charge in [0.2, 0.25) is 5.91 Å². The largest absolute Gasteiger partial charge is 0.480 e. The molecule has 4 N–H and O–H groups in total. The number of hydrogen-bond acceptors (Lipinski definition) is 5. The molecule has 2 saturated heterocycles. The lowest BCUT2D eigenvalue weighted by atomic mass is 9.85. The summed E-state index contributed by atoms with van der Waals surface area (Å²) in [6.45, 7) is 4.83. The fourth-order valence-electron chi connectivity index (χ4n) is 5.88. The molecule has 1 spiro atoms. The van der Waals surface area contributed by atoms with Gasteiger partial charge in [0.25, 0.3) is 5.91 Å². The Morgan fingerprint density at radius 1 is 0.929 bits per heavy atom. The van der Waals surface area contributed by atoms with Crippen molar-refractivity contribution in [2.24, 2.45) is 0 Å². The molecule has 5 rings (SSSR count). The molecule has 0 aliphatic carbocycles. The monoisotopic (exact) mass is 569 g/mol. The molecular weight excluding hydrogens is 534 g/mol. The number of urea groups is 1. The maximum atomic E-state index is 13.1. The lowest BCUT2D eigenvalue weighted by Gasteiger charge is -2.43. The first-order chi connectivity index (χ1) is 20.2. The number of carbonyl (C=O) groups excluding carboxylic acids is 3. The smallest absolute Gasteiger partial charge is 0.326 e. The molecule has 4 amide bonds. The van der Waals surface area contributed by atoms with Crippen molar-refractivity contribution in [1.82, 2.24) is 15.5 Å². The molecule has 0 bridgehead atoms. The first-order valence-electron chi connectivity index (χ1n) is 14.0. The Labute approximate surface area is 244 Å². The first-order valence-corrected chi connectivity index (χ1v) is 14.0. The van der Waals surface area contributed by atoms with Gasteiger partial charge in [-0.25, -0.2) is 9.59 Å². The summed E-state index contributed by atoms with van der Waals surface area (Å²) in [6.07, 6.45) is 0.955. The third kappa shape index (κ3) is 5.79. The second-order valence-corrected chi connectivity index (χ2v) is 10.9. The number of anilines is 2. The molecule has 2 fully saturated rings. The molecule has 0 aromatic heterocycles. The molecule has 10 heteroatoms. The molecule has 2 heterocycles. The van der Waals surface area contributed by atoms with E-state index in [1.807, 2.05) is 62.4 Å². The van der Waals surface area contributed by atoms with Gasteiger partial charge in [-0.15, -0.1) is 0 Å². The van der Waals surface area contributed by atoms with Gasteiger partial charge in [-0.3, -0.25) is 9.59 Å². The zero-order chi connectivity index (χ0) is 29.9. The van der Waals surface area contributed by atoms with E-state index in [4.69, 9.17) is 0 Å². The van der Waals surface area contributed by atoms with Crippen LogP contribution >= 0.6 is 0 Å². The SMILES string of the molecule is Cc1cccc(C)c1C(=O)Nc1ccc(CC(NC(=O)N2CCC3(CC2)C(=O)NCN3c2ccccc2)C(=O)O)cc1. The molecule has 3 aromatic rings. The molecule has 3 aromatic carbocycles. The van der Waals surface area contributed by atoms with Crippen LogP contribution in [0.2, 0.25) is 0 Å². The predicted molar refractivity (Wildman–Crippen MR) is 159 cm³/mol. The number of likely N-dealkylation sites (tertiary alicyclic amines) is 1. The third-order valence-corrected chi connectivity index (χ3v) is 8.24. The number of aryl methyl sites for hydroxylation is 2. The van der Waals surface area contributed by atoms with Crippen molar-refractivity contribution in [3.8, 4) is 0 Å². The Hall–Kier alpha value is -4.86. The minimum absolute atomic E-state index is 0.0523. The van der Waals surface area contributed by atoms with Crippen molar-refractivity contribution in [3.05, 3.63) is 95.1 Å². The van der Waals surface area contributed by atoms with Crippen molar-refractivity contribution in [2.45, 2.75) is 44.7 Å². The number of piperidine rings is 1. The number of benzene rings is 3. The van der Waals surface area contributed by atoms with Gasteiger partial charge in [-0.1, -0.05) is 48.5 Å². The Morgan fingerprint density at radius 3 is 2.19 bits per heavy atom. The van der Waals surface area contributed by atoms with Crippen LogP contribution in [0.15, 0.2) is 72.8 Å². The van der Waals surface area contributed by atoms with Gasteiger partial charge < -0.3 is 30.9 Å². The number of carboxylic acids is 1. The summed E-state index contributed by atoms with van der Waals surface area (Å²) in [5.74, 6) is -1.41. The number of carboxylic acid groups (broad SMARTS) is 1. The number of aliphatic carboxylic acids is 1. The maximum Gasteiger partial charge on any atom is 0.326 e. The highest BCUT2D eigenvalue weighted by molar-refractivity contribution is 6.06. The van der Waals surface area contributed by atoms with Crippen LogP contribution in [0.25, 0.3) is 0 Å². The number of nitrogens with zero attached hydrogens (tertiary/aromatic N) is 2. The Kier molecular flexibility index (Phi) is 8.15. The molecule has 0 radical (unpaired) electrons. The van der Waals surface area contributed by atoms with Gasteiger partial charge in [0.15, 0.2) is 0 Å². The Balaban J connectivity index is 1.18. The van der Waals surface area contributed by atoms with E-state index < -0.39 is 23.6 Å².